The molecule has 2 aromatic carbocycles. The van der Waals surface area contributed by atoms with Crippen LogP contribution in [-0.4, -0.2) is 38.9 Å². The number of amides is 3. The molecule has 35 heavy (non-hydrogen) atoms. The number of halogens is 3. The molecule has 3 aromatic rings. The minimum absolute atomic E-state index is 0.0431. The zero-order chi connectivity index (χ0) is 25.3. The fraction of sp³-hybridized carbons (Fsp3) is 0.280. The fourth-order valence-electron chi connectivity index (χ4n) is 4.13. The van der Waals surface area contributed by atoms with Crippen molar-refractivity contribution in [3.05, 3.63) is 82.2 Å². The number of benzene rings is 2. The molecule has 0 radical (unpaired) electrons. The van der Waals surface area contributed by atoms with Crippen LogP contribution >= 0.6 is 0 Å². The molecular formula is C25H23F3N4O3. The normalized spacial score (nSPS) is 13.3. The van der Waals surface area contributed by atoms with Crippen molar-refractivity contribution in [1.82, 2.24) is 20.0 Å². The van der Waals surface area contributed by atoms with Crippen LogP contribution in [0.1, 0.15) is 56.1 Å². The van der Waals surface area contributed by atoms with Crippen LogP contribution in [0.25, 0.3) is 5.69 Å². The van der Waals surface area contributed by atoms with Gasteiger partial charge in [-0.1, -0.05) is 18.2 Å². The molecule has 1 aliphatic heterocycles. The predicted octanol–water partition coefficient (Wildman–Crippen LogP) is 4.20. The molecule has 2 heterocycles. The van der Waals surface area contributed by atoms with E-state index in [2.05, 4.69) is 10.4 Å². The lowest BCUT2D eigenvalue weighted by atomic mass is 10.1. The smallest absolute Gasteiger partial charge is 0.352 e. The van der Waals surface area contributed by atoms with Gasteiger partial charge in [0, 0.05) is 25.2 Å². The number of nitrogens with one attached hydrogen (secondary N) is 1. The van der Waals surface area contributed by atoms with E-state index in [0.29, 0.717) is 22.5 Å². The molecule has 0 saturated carbocycles. The minimum Gasteiger partial charge on any atom is -0.352 e. The van der Waals surface area contributed by atoms with Crippen LogP contribution in [-0.2, 0) is 17.5 Å². The molecule has 0 spiro atoms. The zero-order valence-corrected chi connectivity index (χ0v) is 19.1. The van der Waals surface area contributed by atoms with E-state index in [-0.39, 0.29) is 37.2 Å². The first-order valence-corrected chi connectivity index (χ1v) is 11.0. The molecule has 1 aromatic heterocycles. The van der Waals surface area contributed by atoms with E-state index >= 15 is 0 Å². The Labute approximate surface area is 199 Å². The standard InChI is InChI=1S/C25H23F3N4O3/c1-15-12-16(2)32(30-15)18-10-9-17(21(13-18)25(26,27)28)14-29-22(33)8-5-11-31-23(34)19-6-3-4-7-20(19)24(31)35/h3-4,6-7,9-10,12-13H,5,8,11,14H2,1-2H3,(H,29,33). The van der Waals surface area contributed by atoms with Gasteiger partial charge < -0.3 is 5.32 Å². The Morgan fingerprint density at radius 1 is 1.00 bits per heavy atom. The third-order valence-corrected chi connectivity index (χ3v) is 5.79. The summed E-state index contributed by atoms with van der Waals surface area (Å²) in [6.07, 6.45) is -4.46. The van der Waals surface area contributed by atoms with Crippen LogP contribution in [0.3, 0.4) is 0 Å². The summed E-state index contributed by atoms with van der Waals surface area (Å²) in [7, 11) is 0. The number of rotatable bonds is 7. The Morgan fingerprint density at radius 3 is 2.23 bits per heavy atom. The lowest BCUT2D eigenvalue weighted by Gasteiger charge is -2.16. The van der Waals surface area contributed by atoms with Gasteiger partial charge in [0.25, 0.3) is 11.8 Å². The van der Waals surface area contributed by atoms with Crippen LogP contribution in [0.2, 0.25) is 0 Å². The third-order valence-electron chi connectivity index (χ3n) is 5.79. The molecule has 7 nitrogen and oxygen atoms in total. The molecule has 0 aliphatic carbocycles. The van der Waals surface area contributed by atoms with Crippen molar-refractivity contribution in [2.24, 2.45) is 0 Å². The van der Waals surface area contributed by atoms with E-state index in [9.17, 15) is 27.6 Å². The Balaban J connectivity index is 1.37. The van der Waals surface area contributed by atoms with E-state index in [1.807, 2.05) is 0 Å². The van der Waals surface area contributed by atoms with Crippen molar-refractivity contribution < 1.29 is 27.6 Å². The molecule has 0 fully saturated rings. The first-order chi connectivity index (χ1) is 16.6. The molecule has 0 bridgehead atoms. The number of fused-ring (bicyclic) bond motifs is 1. The predicted molar refractivity (Wildman–Crippen MR) is 121 cm³/mol. The van der Waals surface area contributed by atoms with E-state index in [1.165, 1.54) is 16.8 Å². The van der Waals surface area contributed by atoms with Gasteiger partial charge in [0.05, 0.1) is 28.1 Å². The minimum atomic E-state index is -4.61. The summed E-state index contributed by atoms with van der Waals surface area (Å²) in [6, 6.07) is 12.1. The van der Waals surface area contributed by atoms with Crippen LogP contribution in [0, 0.1) is 13.8 Å². The number of alkyl halides is 3. The van der Waals surface area contributed by atoms with Crippen molar-refractivity contribution in [3.8, 4) is 5.69 Å². The topological polar surface area (TPSA) is 84.3 Å². The Morgan fingerprint density at radius 2 is 1.66 bits per heavy atom. The number of hydrogen-bond donors (Lipinski definition) is 1. The maximum atomic E-state index is 13.7. The lowest BCUT2D eigenvalue weighted by molar-refractivity contribution is -0.138. The highest BCUT2D eigenvalue weighted by Crippen LogP contribution is 2.33. The van der Waals surface area contributed by atoms with Crippen molar-refractivity contribution >= 4 is 17.7 Å². The van der Waals surface area contributed by atoms with E-state index in [4.69, 9.17) is 0 Å². The second-order valence-electron chi connectivity index (χ2n) is 8.37. The van der Waals surface area contributed by atoms with Gasteiger partial charge in [-0.2, -0.15) is 18.3 Å². The fourth-order valence-corrected chi connectivity index (χ4v) is 4.13. The molecule has 10 heteroatoms. The molecule has 4 rings (SSSR count). The van der Waals surface area contributed by atoms with Gasteiger partial charge in [0.1, 0.15) is 0 Å². The van der Waals surface area contributed by atoms with Crippen molar-refractivity contribution in [2.45, 2.75) is 39.4 Å². The first-order valence-electron chi connectivity index (χ1n) is 11.0. The first kappa shape index (κ1) is 24.2. The maximum Gasteiger partial charge on any atom is 0.416 e. The van der Waals surface area contributed by atoms with Gasteiger partial charge in [0.2, 0.25) is 5.91 Å². The van der Waals surface area contributed by atoms with Gasteiger partial charge in [0.15, 0.2) is 0 Å². The van der Waals surface area contributed by atoms with Gasteiger partial charge in [-0.05, 0) is 56.2 Å². The van der Waals surface area contributed by atoms with E-state index in [1.54, 1.807) is 44.2 Å². The molecular weight excluding hydrogens is 461 g/mol. The number of imide groups is 1. The molecule has 0 unspecified atom stereocenters. The summed E-state index contributed by atoms with van der Waals surface area (Å²) >= 11 is 0. The highest BCUT2D eigenvalue weighted by Gasteiger charge is 2.35. The summed E-state index contributed by atoms with van der Waals surface area (Å²) in [5.41, 5.74) is 1.39. The third kappa shape index (κ3) is 4.96. The monoisotopic (exact) mass is 484 g/mol. The zero-order valence-electron chi connectivity index (χ0n) is 19.1. The summed E-state index contributed by atoms with van der Waals surface area (Å²) in [6.45, 7) is 3.25. The molecule has 1 N–H and O–H groups in total. The van der Waals surface area contributed by atoms with Gasteiger partial charge >= 0.3 is 6.18 Å². The number of hydrogen-bond acceptors (Lipinski definition) is 4. The average molecular weight is 484 g/mol. The number of nitrogens with zero attached hydrogens (tertiary/aromatic N) is 3. The lowest BCUT2D eigenvalue weighted by Crippen LogP contribution is -2.32. The highest BCUT2D eigenvalue weighted by atomic mass is 19.4. The van der Waals surface area contributed by atoms with Crippen LogP contribution in [0.15, 0.2) is 48.5 Å². The van der Waals surface area contributed by atoms with Gasteiger partial charge in [-0.25, -0.2) is 4.68 Å². The van der Waals surface area contributed by atoms with E-state index < -0.39 is 29.5 Å². The number of carbonyl (C=O) groups is 3. The quantitative estimate of drug-likeness (QED) is 0.510. The largest absolute Gasteiger partial charge is 0.416 e. The van der Waals surface area contributed by atoms with Crippen molar-refractivity contribution in [3.63, 3.8) is 0 Å². The van der Waals surface area contributed by atoms with Crippen LogP contribution < -0.4 is 5.32 Å². The Bertz CT molecular complexity index is 1280. The number of aryl methyl sites for hydroxylation is 2. The van der Waals surface area contributed by atoms with Crippen molar-refractivity contribution in [1.29, 1.82) is 0 Å². The van der Waals surface area contributed by atoms with E-state index in [0.717, 1.165) is 11.0 Å². The number of carbonyl (C=O) groups excluding carboxylic acids is 3. The highest BCUT2D eigenvalue weighted by molar-refractivity contribution is 6.21. The van der Waals surface area contributed by atoms with Crippen LogP contribution in [0.4, 0.5) is 13.2 Å². The Hall–Kier alpha value is -3.95. The second kappa shape index (κ2) is 9.36. The summed E-state index contributed by atoms with van der Waals surface area (Å²) in [5, 5.41) is 6.73. The summed E-state index contributed by atoms with van der Waals surface area (Å²) in [4.78, 5) is 38.1. The average Bonchev–Trinajstić information content (AvgIpc) is 3.27. The number of aromatic nitrogens is 2. The Kier molecular flexibility index (Phi) is 6.47. The molecule has 1 aliphatic rings. The van der Waals surface area contributed by atoms with Gasteiger partial charge in [-0.15, -0.1) is 0 Å². The van der Waals surface area contributed by atoms with Crippen LogP contribution in [0.5, 0.6) is 0 Å². The summed E-state index contributed by atoms with van der Waals surface area (Å²) in [5.74, 6) is -1.30. The molecule has 182 valence electrons. The SMILES string of the molecule is Cc1cc(C)n(-c2ccc(CNC(=O)CCCN3C(=O)c4ccccc4C3=O)c(C(F)(F)F)c2)n1. The van der Waals surface area contributed by atoms with Gasteiger partial charge in [-0.3, -0.25) is 19.3 Å². The van der Waals surface area contributed by atoms with Crippen molar-refractivity contribution in [2.75, 3.05) is 6.54 Å². The summed E-state index contributed by atoms with van der Waals surface area (Å²) < 4.78 is 42.6. The molecule has 3 amide bonds. The maximum absolute atomic E-state index is 13.7. The molecule has 0 atom stereocenters. The second-order valence-corrected chi connectivity index (χ2v) is 8.37. The molecule has 0 saturated heterocycles.